The second-order valence-electron chi connectivity index (χ2n) is 15.1. The highest BCUT2D eigenvalue weighted by Gasteiger charge is 2.23. The number of hydrogen-bond acceptors (Lipinski definition) is 2. The van der Waals surface area contributed by atoms with Crippen molar-refractivity contribution in [1.29, 1.82) is 0 Å². The maximum atomic E-state index is 5.09. The summed E-state index contributed by atoms with van der Waals surface area (Å²) < 4.78 is 9.44. The van der Waals surface area contributed by atoms with E-state index in [1.807, 2.05) is 18.5 Å². The molecule has 0 unspecified atom stereocenters. The van der Waals surface area contributed by atoms with Gasteiger partial charge in [0.15, 0.2) is 0 Å². The van der Waals surface area contributed by atoms with Gasteiger partial charge in [0.2, 0.25) is 0 Å². The molecule has 0 fully saturated rings. The van der Waals surface area contributed by atoms with E-state index in [1.54, 1.807) is 0 Å². The molecule has 0 radical (unpaired) electrons. The van der Waals surface area contributed by atoms with Gasteiger partial charge in [-0.15, -0.1) is 0 Å². The zero-order valence-corrected chi connectivity index (χ0v) is 31.2. The Morgan fingerprint density at radius 2 is 0.741 bits per heavy atom. The number of pyridine rings is 2. The van der Waals surface area contributed by atoms with Crippen molar-refractivity contribution in [1.82, 2.24) is 28.2 Å². The van der Waals surface area contributed by atoms with E-state index in [9.17, 15) is 0 Å². The summed E-state index contributed by atoms with van der Waals surface area (Å²) in [5.74, 6) is 0. The van der Waals surface area contributed by atoms with Gasteiger partial charge in [-0.1, -0.05) is 72.8 Å². The van der Waals surface area contributed by atoms with E-state index in [1.165, 1.54) is 43.6 Å². The van der Waals surface area contributed by atoms with Gasteiger partial charge in [-0.05, 0) is 109 Å². The third-order valence-electron chi connectivity index (χ3n) is 12.0. The van der Waals surface area contributed by atoms with Crippen molar-refractivity contribution < 1.29 is 0 Å². The fourth-order valence-corrected chi connectivity index (χ4v) is 9.68. The molecule has 13 aromatic rings. The predicted molar refractivity (Wildman–Crippen MR) is 239 cm³/mol. The van der Waals surface area contributed by atoms with Crippen LogP contribution in [0.1, 0.15) is 0 Å². The Labute approximate surface area is 331 Å². The molecule has 0 aliphatic rings. The van der Waals surface area contributed by atoms with Crippen molar-refractivity contribution >= 4 is 87.5 Å². The zero-order chi connectivity index (χ0) is 37.9. The monoisotopic (exact) mass is 740 g/mol. The molecule has 6 nitrogen and oxygen atoms in total. The van der Waals surface area contributed by atoms with Crippen molar-refractivity contribution in [2.45, 2.75) is 0 Å². The third-order valence-corrected chi connectivity index (χ3v) is 12.0. The molecule has 0 amide bonds. The van der Waals surface area contributed by atoms with Gasteiger partial charge in [0.1, 0.15) is 11.3 Å². The van der Waals surface area contributed by atoms with Crippen LogP contribution in [0.2, 0.25) is 0 Å². The Balaban J connectivity index is 1.11. The van der Waals surface area contributed by atoms with Gasteiger partial charge in [0.25, 0.3) is 0 Å². The van der Waals surface area contributed by atoms with E-state index in [2.05, 4.69) is 194 Å². The highest BCUT2D eigenvalue weighted by molar-refractivity contribution is 6.25. The molecule has 7 aromatic carbocycles. The molecule has 0 aliphatic carbocycles. The Kier molecular flexibility index (Phi) is 6.35. The minimum atomic E-state index is 0.919. The minimum Gasteiger partial charge on any atom is -0.309 e. The lowest BCUT2D eigenvalue weighted by molar-refractivity contribution is 1.13. The maximum Gasteiger partial charge on any atom is 0.145 e. The van der Waals surface area contributed by atoms with E-state index < -0.39 is 0 Å². The van der Waals surface area contributed by atoms with Crippen LogP contribution in [0.5, 0.6) is 0 Å². The summed E-state index contributed by atoms with van der Waals surface area (Å²) in [6, 6.07) is 65.4. The van der Waals surface area contributed by atoms with Crippen LogP contribution >= 0.6 is 0 Å². The van der Waals surface area contributed by atoms with E-state index in [0.717, 1.165) is 66.6 Å². The van der Waals surface area contributed by atoms with Crippen LogP contribution in [0, 0.1) is 0 Å². The first-order valence-corrected chi connectivity index (χ1v) is 19.7. The number of rotatable bonds is 4. The molecule has 270 valence electrons. The van der Waals surface area contributed by atoms with Crippen LogP contribution in [0.25, 0.3) is 110 Å². The van der Waals surface area contributed by atoms with Gasteiger partial charge < -0.3 is 9.13 Å². The zero-order valence-electron chi connectivity index (χ0n) is 31.2. The number of nitrogens with zero attached hydrogens (tertiary/aromatic N) is 6. The quantitative estimate of drug-likeness (QED) is 0.180. The fraction of sp³-hybridized carbons (Fsp3) is 0. The number of benzene rings is 7. The lowest BCUT2D eigenvalue weighted by Crippen LogP contribution is -1.97. The molecular formula is C52H32N6. The third kappa shape index (κ3) is 4.20. The molecule has 0 atom stereocenters. The molecule has 6 heteroatoms. The van der Waals surface area contributed by atoms with E-state index in [-0.39, 0.29) is 0 Å². The molecule has 6 heterocycles. The molecule has 0 saturated carbocycles. The molecule has 0 aliphatic heterocycles. The molecule has 0 bridgehead atoms. The Bertz CT molecular complexity index is 3790. The van der Waals surface area contributed by atoms with Crippen LogP contribution in [0.3, 0.4) is 0 Å². The Hall–Kier alpha value is -7.96. The first kappa shape index (κ1) is 31.3. The summed E-state index contributed by atoms with van der Waals surface area (Å²) in [7, 11) is 0. The van der Waals surface area contributed by atoms with Gasteiger partial charge in [-0.3, -0.25) is 9.13 Å². The van der Waals surface area contributed by atoms with Crippen LogP contribution in [0.15, 0.2) is 194 Å². The first-order chi connectivity index (χ1) is 28.8. The average molecular weight is 741 g/mol. The topological polar surface area (TPSA) is 45.5 Å². The highest BCUT2D eigenvalue weighted by Crippen LogP contribution is 2.43. The number of aromatic nitrogens is 6. The Morgan fingerprint density at radius 3 is 1.34 bits per heavy atom. The molecule has 58 heavy (non-hydrogen) atoms. The normalized spacial score (nSPS) is 12.1. The molecule has 13 rings (SSSR count). The minimum absolute atomic E-state index is 0.919. The number of fused-ring (bicyclic) bond motifs is 13. The number of hydrogen-bond donors (Lipinski definition) is 0. The molecule has 0 saturated heterocycles. The molecule has 0 spiro atoms. The average Bonchev–Trinajstić information content (AvgIpc) is 4.01. The predicted octanol–water partition coefficient (Wildman–Crippen LogP) is 12.9. The van der Waals surface area contributed by atoms with Crippen molar-refractivity contribution in [2.75, 3.05) is 0 Å². The van der Waals surface area contributed by atoms with Gasteiger partial charge in [0.05, 0.1) is 33.1 Å². The standard InChI is InChI=1S/C52H32N6/c1-3-13-33(14-4-1)55-44-21-9-7-17-37(44)42-31-35(23-26-46(42)55)57-48-28-25-39-40-19-11-29-53-51(40)58(50(39)49(48)41-20-12-30-54-52(41)57)36-24-27-47-43(32-36)38-18-8-10-22-45(38)56(47)34-15-5-2-6-16-34/h1-32H. The van der Waals surface area contributed by atoms with Crippen LogP contribution in [0.4, 0.5) is 0 Å². The number of para-hydroxylation sites is 4. The fourth-order valence-electron chi connectivity index (χ4n) is 9.68. The van der Waals surface area contributed by atoms with E-state index in [4.69, 9.17) is 9.97 Å². The van der Waals surface area contributed by atoms with Crippen molar-refractivity contribution in [3.63, 3.8) is 0 Å². The highest BCUT2D eigenvalue weighted by atomic mass is 15.1. The van der Waals surface area contributed by atoms with Crippen molar-refractivity contribution in [3.05, 3.63) is 194 Å². The van der Waals surface area contributed by atoms with Gasteiger partial charge in [-0.2, -0.15) is 0 Å². The summed E-state index contributed by atoms with van der Waals surface area (Å²) >= 11 is 0. The summed E-state index contributed by atoms with van der Waals surface area (Å²) in [6.45, 7) is 0. The van der Waals surface area contributed by atoms with Crippen LogP contribution in [-0.4, -0.2) is 28.2 Å². The molecule has 0 N–H and O–H groups in total. The van der Waals surface area contributed by atoms with E-state index >= 15 is 0 Å². The van der Waals surface area contributed by atoms with Crippen LogP contribution in [-0.2, 0) is 0 Å². The van der Waals surface area contributed by atoms with Crippen LogP contribution < -0.4 is 0 Å². The largest absolute Gasteiger partial charge is 0.309 e. The summed E-state index contributed by atoms with van der Waals surface area (Å²) in [6.07, 6.45) is 3.81. The van der Waals surface area contributed by atoms with Gasteiger partial charge >= 0.3 is 0 Å². The van der Waals surface area contributed by atoms with E-state index in [0.29, 0.717) is 0 Å². The lowest BCUT2D eigenvalue weighted by atomic mass is 10.1. The van der Waals surface area contributed by atoms with Crippen molar-refractivity contribution in [2.24, 2.45) is 0 Å². The van der Waals surface area contributed by atoms with Gasteiger partial charge in [0, 0.05) is 78.2 Å². The second kappa shape index (κ2) is 11.8. The smallest absolute Gasteiger partial charge is 0.145 e. The summed E-state index contributed by atoms with van der Waals surface area (Å²) in [4.78, 5) is 10.2. The second-order valence-corrected chi connectivity index (χ2v) is 15.1. The molecule has 6 aromatic heterocycles. The van der Waals surface area contributed by atoms with Gasteiger partial charge in [-0.25, -0.2) is 9.97 Å². The lowest BCUT2D eigenvalue weighted by Gasteiger charge is -2.11. The Morgan fingerprint density at radius 1 is 0.276 bits per heavy atom. The maximum absolute atomic E-state index is 5.09. The van der Waals surface area contributed by atoms with Crippen molar-refractivity contribution in [3.8, 4) is 22.7 Å². The SMILES string of the molecule is c1ccc(-n2c3ccccc3c3cc(-n4c5ccc6c7cccnc7n(-c7ccc8c(c7)c7ccccc7n8-c7ccccc7)c6c5c5cccnc54)ccc32)cc1. The first-order valence-electron chi connectivity index (χ1n) is 19.7. The summed E-state index contributed by atoms with van der Waals surface area (Å²) in [5.41, 5.74) is 13.2. The molecular weight excluding hydrogens is 709 g/mol. The summed E-state index contributed by atoms with van der Waals surface area (Å²) in [5, 5.41) is 9.35.